The van der Waals surface area contributed by atoms with Gasteiger partial charge >= 0.3 is 0 Å². The van der Waals surface area contributed by atoms with Gasteiger partial charge in [0.15, 0.2) is 5.58 Å². The highest BCUT2D eigenvalue weighted by Crippen LogP contribution is 2.29. The number of hydrogen-bond acceptors (Lipinski definition) is 6. The number of benzene rings is 3. The van der Waals surface area contributed by atoms with Crippen LogP contribution in [0.25, 0.3) is 11.1 Å². The fraction of sp³-hybridized carbons (Fsp3) is 0.375. The lowest BCUT2D eigenvalue weighted by molar-refractivity contribution is -0.123. The third-order valence-corrected chi connectivity index (χ3v) is 7.38. The average Bonchev–Trinajstić information content (AvgIpc) is 3.40. The molecule has 210 valence electrons. The maximum absolute atomic E-state index is 13.8. The van der Waals surface area contributed by atoms with E-state index in [9.17, 15) is 9.18 Å². The smallest absolute Gasteiger partial charge is 0.296 e. The Morgan fingerprint density at radius 3 is 2.50 bits per heavy atom. The molecule has 0 bridgehead atoms. The van der Waals surface area contributed by atoms with E-state index in [0.29, 0.717) is 43.7 Å². The van der Waals surface area contributed by atoms with E-state index in [1.165, 1.54) is 31.4 Å². The first kappa shape index (κ1) is 27.6. The molecule has 8 heteroatoms. The minimum atomic E-state index is -0.501. The van der Waals surface area contributed by atoms with Crippen LogP contribution in [-0.2, 0) is 16.1 Å². The van der Waals surface area contributed by atoms with Gasteiger partial charge in [-0.3, -0.25) is 4.79 Å². The second-order valence-electron chi connectivity index (χ2n) is 10.5. The number of fused-ring (bicyclic) bond motifs is 1. The van der Waals surface area contributed by atoms with Gasteiger partial charge in [0.2, 0.25) is 5.91 Å². The molecule has 4 aromatic rings. The van der Waals surface area contributed by atoms with Crippen molar-refractivity contribution in [2.45, 2.75) is 57.2 Å². The van der Waals surface area contributed by atoms with Crippen LogP contribution in [0, 0.1) is 11.7 Å². The number of amides is 1. The van der Waals surface area contributed by atoms with E-state index >= 15 is 0 Å². The van der Waals surface area contributed by atoms with Crippen LogP contribution < -0.4 is 16.0 Å². The summed E-state index contributed by atoms with van der Waals surface area (Å²) in [6.45, 7) is 1.18. The molecule has 0 saturated heterocycles. The molecule has 5 rings (SSSR count). The van der Waals surface area contributed by atoms with Crippen molar-refractivity contribution in [1.29, 1.82) is 0 Å². The zero-order valence-electron chi connectivity index (χ0n) is 22.7. The van der Waals surface area contributed by atoms with Crippen molar-refractivity contribution in [3.63, 3.8) is 0 Å². The Hall–Kier alpha value is -3.91. The third-order valence-electron chi connectivity index (χ3n) is 7.38. The molecule has 1 saturated carbocycles. The van der Waals surface area contributed by atoms with Crippen molar-refractivity contribution in [3.8, 4) is 0 Å². The zero-order chi connectivity index (χ0) is 27.6. The van der Waals surface area contributed by atoms with Gasteiger partial charge < -0.3 is 25.1 Å². The summed E-state index contributed by atoms with van der Waals surface area (Å²) in [5.74, 6) is 0.0472. The highest BCUT2D eigenvalue weighted by atomic mass is 19.1. The number of para-hydroxylation sites is 2. The molecule has 1 aromatic heterocycles. The first-order chi connectivity index (χ1) is 19.6. The number of hydrogen-bond donors (Lipinski definition) is 3. The number of nitrogens with zero attached hydrogens (tertiary/aromatic N) is 1. The SMILES string of the molecule is O=C(NC(CNc1ccc(F)cc1)COCc1ccccc1)C(CC1CCCCC1)Nc1nc2ccccc2o1. The van der Waals surface area contributed by atoms with E-state index in [-0.39, 0.29) is 17.8 Å². The molecule has 2 atom stereocenters. The quantitative estimate of drug-likeness (QED) is 0.177. The summed E-state index contributed by atoms with van der Waals surface area (Å²) in [7, 11) is 0. The molecule has 3 N–H and O–H groups in total. The Labute approximate surface area is 234 Å². The summed E-state index contributed by atoms with van der Waals surface area (Å²) in [5, 5.41) is 9.79. The van der Waals surface area contributed by atoms with E-state index in [1.54, 1.807) is 12.1 Å². The molecule has 3 aromatic carbocycles. The molecule has 0 aliphatic heterocycles. The van der Waals surface area contributed by atoms with E-state index < -0.39 is 6.04 Å². The maximum Gasteiger partial charge on any atom is 0.296 e. The van der Waals surface area contributed by atoms with Crippen LogP contribution in [0.1, 0.15) is 44.1 Å². The van der Waals surface area contributed by atoms with Gasteiger partial charge in [-0.15, -0.1) is 0 Å². The van der Waals surface area contributed by atoms with Crippen LogP contribution in [0.4, 0.5) is 16.1 Å². The minimum absolute atomic E-state index is 0.123. The van der Waals surface area contributed by atoms with Gasteiger partial charge in [-0.25, -0.2) is 4.39 Å². The van der Waals surface area contributed by atoms with Crippen LogP contribution in [0.3, 0.4) is 0 Å². The number of carbonyl (C=O) groups excluding carboxylic acids is 1. The van der Waals surface area contributed by atoms with Gasteiger partial charge in [-0.2, -0.15) is 4.98 Å². The van der Waals surface area contributed by atoms with Crippen LogP contribution in [0.2, 0.25) is 0 Å². The summed E-state index contributed by atoms with van der Waals surface area (Å²) >= 11 is 0. The molecule has 1 fully saturated rings. The summed E-state index contributed by atoms with van der Waals surface area (Å²) < 4.78 is 25.3. The number of ether oxygens (including phenoxy) is 1. The molecule has 7 nitrogen and oxygen atoms in total. The first-order valence-electron chi connectivity index (χ1n) is 14.2. The summed E-state index contributed by atoms with van der Waals surface area (Å²) in [6, 6.07) is 23.2. The Bertz CT molecular complexity index is 1310. The normalized spacial score (nSPS) is 15.4. The summed E-state index contributed by atoms with van der Waals surface area (Å²) in [5.41, 5.74) is 3.26. The average molecular weight is 545 g/mol. The molecule has 1 aliphatic rings. The number of carbonyl (C=O) groups is 1. The highest BCUT2D eigenvalue weighted by molar-refractivity contribution is 5.85. The second kappa shape index (κ2) is 13.9. The number of nitrogens with one attached hydrogen (secondary N) is 3. The van der Waals surface area contributed by atoms with Crippen molar-refractivity contribution in [2.24, 2.45) is 5.92 Å². The van der Waals surface area contributed by atoms with Crippen LogP contribution in [0.5, 0.6) is 0 Å². The lowest BCUT2D eigenvalue weighted by Crippen LogP contribution is -2.49. The predicted molar refractivity (Wildman–Crippen MR) is 156 cm³/mol. The first-order valence-corrected chi connectivity index (χ1v) is 14.2. The second-order valence-corrected chi connectivity index (χ2v) is 10.5. The maximum atomic E-state index is 13.8. The lowest BCUT2D eigenvalue weighted by atomic mass is 9.84. The molecule has 2 unspecified atom stereocenters. The Morgan fingerprint density at radius 1 is 0.975 bits per heavy atom. The molecule has 1 heterocycles. The number of aromatic nitrogens is 1. The number of halogens is 1. The van der Waals surface area contributed by atoms with Crippen LogP contribution >= 0.6 is 0 Å². The van der Waals surface area contributed by atoms with E-state index in [2.05, 4.69) is 20.9 Å². The standard InChI is InChI=1S/C32H37FN4O3/c33-25-15-17-26(18-16-25)34-20-27(22-39-21-24-11-5-2-6-12-24)35-31(38)29(19-23-9-3-1-4-10-23)37-32-36-28-13-7-8-14-30(28)40-32/h2,5-8,11-18,23,27,29,34H,1,3-4,9-10,19-22H2,(H,35,38)(H,36,37). The van der Waals surface area contributed by atoms with Gasteiger partial charge in [0.05, 0.1) is 19.3 Å². The van der Waals surface area contributed by atoms with E-state index in [4.69, 9.17) is 9.15 Å². The van der Waals surface area contributed by atoms with Gasteiger partial charge in [-0.05, 0) is 54.3 Å². The lowest BCUT2D eigenvalue weighted by Gasteiger charge is -2.28. The molecule has 0 radical (unpaired) electrons. The van der Waals surface area contributed by atoms with Gasteiger partial charge in [0, 0.05) is 12.2 Å². The molecule has 40 heavy (non-hydrogen) atoms. The number of oxazole rings is 1. The fourth-order valence-corrected chi connectivity index (χ4v) is 5.23. The summed E-state index contributed by atoms with van der Waals surface area (Å²) in [4.78, 5) is 18.3. The minimum Gasteiger partial charge on any atom is -0.424 e. The topological polar surface area (TPSA) is 88.4 Å². The van der Waals surface area contributed by atoms with Crippen LogP contribution in [-0.4, -0.2) is 36.1 Å². The monoisotopic (exact) mass is 544 g/mol. The number of rotatable bonds is 13. The van der Waals surface area contributed by atoms with Crippen molar-refractivity contribution in [3.05, 3.63) is 90.2 Å². The highest BCUT2D eigenvalue weighted by Gasteiger charge is 2.27. The van der Waals surface area contributed by atoms with Crippen LogP contribution in [0.15, 0.2) is 83.3 Å². The molecular formula is C32H37FN4O3. The van der Waals surface area contributed by atoms with Crippen molar-refractivity contribution in [2.75, 3.05) is 23.8 Å². The predicted octanol–water partition coefficient (Wildman–Crippen LogP) is 6.53. The largest absolute Gasteiger partial charge is 0.424 e. The Morgan fingerprint density at radius 2 is 1.73 bits per heavy atom. The summed E-state index contributed by atoms with van der Waals surface area (Å²) in [6.07, 6.45) is 6.58. The fourth-order valence-electron chi connectivity index (χ4n) is 5.23. The Kier molecular flexibility index (Phi) is 9.63. The molecule has 0 spiro atoms. The molecule has 1 aliphatic carbocycles. The zero-order valence-corrected chi connectivity index (χ0v) is 22.7. The van der Waals surface area contributed by atoms with E-state index in [0.717, 1.165) is 29.6 Å². The van der Waals surface area contributed by atoms with Crippen molar-refractivity contribution in [1.82, 2.24) is 10.3 Å². The molecule has 1 amide bonds. The van der Waals surface area contributed by atoms with Gasteiger partial charge in [-0.1, -0.05) is 74.6 Å². The van der Waals surface area contributed by atoms with Gasteiger partial charge in [0.1, 0.15) is 17.4 Å². The third kappa shape index (κ3) is 8.05. The molecular weight excluding hydrogens is 507 g/mol. The van der Waals surface area contributed by atoms with Crippen molar-refractivity contribution >= 4 is 28.7 Å². The van der Waals surface area contributed by atoms with E-state index in [1.807, 2.05) is 54.6 Å². The number of anilines is 2. The van der Waals surface area contributed by atoms with Gasteiger partial charge in [0.25, 0.3) is 6.01 Å². The van der Waals surface area contributed by atoms with Crippen molar-refractivity contribution < 1.29 is 18.3 Å². The Balaban J connectivity index is 1.27.